The maximum absolute atomic E-state index is 11.3. The number of amides is 1. The summed E-state index contributed by atoms with van der Waals surface area (Å²) in [6, 6.07) is 5.46. The van der Waals surface area contributed by atoms with Crippen LogP contribution >= 0.6 is 11.3 Å². The van der Waals surface area contributed by atoms with Gasteiger partial charge < -0.3 is 21.5 Å². The lowest BCUT2D eigenvalue weighted by Crippen LogP contribution is -2.24. The van der Waals surface area contributed by atoms with Crippen molar-refractivity contribution in [2.75, 3.05) is 6.61 Å². The normalized spacial score (nSPS) is 10.0. The molecule has 0 bridgehead atoms. The summed E-state index contributed by atoms with van der Waals surface area (Å²) in [6.45, 7) is 2.35. The Morgan fingerprint density at radius 2 is 2.18 bits per heavy atom. The highest BCUT2D eigenvalue weighted by molar-refractivity contribution is 7.13. The molecule has 116 valence electrons. The zero-order valence-electron chi connectivity index (χ0n) is 11.9. The number of carbonyl (C=O) groups is 1. The SMILES string of the molecule is CCOC(=O)NCc1cccc(-c2csc(N=C(N)N)n2)n1. The van der Waals surface area contributed by atoms with Crippen LogP contribution < -0.4 is 16.8 Å². The van der Waals surface area contributed by atoms with Crippen LogP contribution in [0.2, 0.25) is 0 Å². The number of aliphatic imine (C=N–C) groups is 1. The summed E-state index contributed by atoms with van der Waals surface area (Å²) in [7, 11) is 0. The molecule has 2 rings (SSSR count). The van der Waals surface area contributed by atoms with Gasteiger partial charge in [0.15, 0.2) is 5.96 Å². The molecule has 8 nitrogen and oxygen atoms in total. The van der Waals surface area contributed by atoms with Crippen LogP contribution in [0.4, 0.5) is 9.93 Å². The van der Waals surface area contributed by atoms with Crippen molar-refractivity contribution >= 4 is 28.5 Å². The van der Waals surface area contributed by atoms with Gasteiger partial charge in [0.1, 0.15) is 5.69 Å². The minimum Gasteiger partial charge on any atom is -0.450 e. The molecule has 0 radical (unpaired) electrons. The van der Waals surface area contributed by atoms with Gasteiger partial charge in [-0.25, -0.2) is 14.8 Å². The number of nitrogens with two attached hydrogens (primary N) is 2. The first kappa shape index (κ1) is 15.7. The van der Waals surface area contributed by atoms with E-state index in [4.69, 9.17) is 16.2 Å². The molecule has 5 N–H and O–H groups in total. The first-order chi connectivity index (χ1) is 10.6. The highest BCUT2D eigenvalue weighted by atomic mass is 32.1. The van der Waals surface area contributed by atoms with Crippen LogP contribution in [0.3, 0.4) is 0 Å². The van der Waals surface area contributed by atoms with Crippen molar-refractivity contribution in [3.63, 3.8) is 0 Å². The fourth-order valence-corrected chi connectivity index (χ4v) is 2.31. The Kier molecular flexibility index (Phi) is 5.26. The molecule has 0 saturated carbocycles. The number of rotatable bonds is 5. The number of pyridine rings is 1. The van der Waals surface area contributed by atoms with Gasteiger partial charge in [-0.15, -0.1) is 11.3 Å². The molecule has 0 aliphatic rings. The summed E-state index contributed by atoms with van der Waals surface area (Å²) in [5.74, 6) is -0.0405. The third-order valence-electron chi connectivity index (χ3n) is 2.48. The molecular formula is C13H16N6O2S. The van der Waals surface area contributed by atoms with E-state index in [2.05, 4.69) is 20.3 Å². The number of hydrogen-bond donors (Lipinski definition) is 3. The number of aromatic nitrogens is 2. The molecule has 0 aliphatic heterocycles. The highest BCUT2D eigenvalue weighted by Crippen LogP contribution is 2.25. The summed E-state index contributed by atoms with van der Waals surface area (Å²) in [4.78, 5) is 23.9. The van der Waals surface area contributed by atoms with Gasteiger partial charge in [-0.05, 0) is 19.1 Å². The standard InChI is InChI=1S/C13H16N6O2S/c1-2-21-13(20)16-6-8-4-3-5-9(17-8)10-7-22-12(18-10)19-11(14)15/h3-5,7H,2,6H2,1H3,(H,16,20)(H4,14,15,18,19). The second-order valence-corrected chi connectivity index (χ2v) is 4.98. The summed E-state index contributed by atoms with van der Waals surface area (Å²) in [5.41, 5.74) is 12.7. The molecule has 0 aliphatic carbocycles. The van der Waals surface area contributed by atoms with Crippen LogP contribution in [0.5, 0.6) is 0 Å². The van der Waals surface area contributed by atoms with Gasteiger partial charge in [0.25, 0.3) is 0 Å². The summed E-state index contributed by atoms with van der Waals surface area (Å²) < 4.78 is 4.79. The van der Waals surface area contributed by atoms with E-state index >= 15 is 0 Å². The van der Waals surface area contributed by atoms with Gasteiger partial charge in [0.2, 0.25) is 5.13 Å². The number of nitrogens with zero attached hydrogens (tertiary/aromatic N) is 3. The molecular weight excluding hydrogens is 304 g/mol. The smallest absolute Gasteiger partial charge is 0.407 e. The molecule has 2 aromatic rings. The van der Waals surface area contributed by atoms with Crippen molar-refractivity contribution in [3.8, 4) is 11.4 Å². The van der Waals surface area contributed by atoms with Gasteiger partial charge in [0, 0.05) is 5.38 Å². The van der Waals surface area contributed by atoms with Crippen molar-refractivity contribution in [2.24, 2.45) is 16.5 Å². The largest absolute Gasteiger partial charge is 0.450 e. The Hall–Kier alpha value is -2.68. The van der Waals surface area contributed by atoms with E-state index < -0.39 is 6.09 Å². The predicted octanol–water partition coefficient (Wildman–Crippen LogP) is 1.36. The Balaban J connectivity index is 2.09. The number of ether oxygens (including phenoxy) is 1. The van der Waals surface area contributed by atoms with E-state index in [1.165, 1.54) is 11.3 Å². The van der Waals surface area contributed by atoms with Crippen LogP contribution in [0.1, 0.15) is 12.6 Å². The van der Waals surface area contributed by atoms with E-state index in [1.807, 2.05) is 17.5 Å². The quantitative estimate of drug-likeness (QED) is 0.563. The second kappa shape index (κ2) is 7.36. The maximum atomic E-state index is 11.3. The van der Waals surface area contributed by atoms with Crippen LogP contribution in [0, 0.1) is 0 Å². The molecule has 0 atom stereocenters. The Morgan fingerprint density at radius 1 is 1.36 bits per heavy atom. The molecule has 0 spiro atoms. The topological polar surface area (TPSA) is 129 Å². The Labute approximate surface area is 131 Å². The molecule has 22 heavy (non-hydrogen) atoms. The molecule has 2 aromatic heterocycles. The molecule has 0 saturated heterocycles. The minimum atomic E-state index is -0.474. The van der Waals surface area contributed by atoms with Gasteiger partial charge in [-0.1, -0.05) is 6.07 Å². The molecule has 0 aromatic carbocycles. The van der Waals surface area contributed by atoms with Gasteiger partial charge in [-0.3, -0.25) is 0 Å². The lowest BCUT2D eigenvalue weighted by molar-refractivity contribution is 0.151. The molecule has 0 fully saturated rings. The van der Waals surface area contributed by atoms with Crippen molar-refractivity contribution in [1.29, 1.82) is 0 Å². The lowest BCUT2D eigenvalue weighted by Gasteiger charge is -2.05. The molecule has 2 heterocycles. The van der Waals surface area contributed by atoms with Gasteiger partial charge >= 0.3 is 6.09 Å². The monoisotopic (exact) mass is 320 g/mol. The number of hydrogen-bond acceptors (Lipinski definition) is 6. The van der Waals surface area contributed by atoms with Gasteiger partial charge in [0.05, 0.1) is 24.5 Å². The summed E-state index contributed by atoms with van der Waals surface area (Å²) in [6.07, 6.45) is -0.474. The second-order valence-electron chi connectivity index (χ2n) is 4.14. The van der Waals surface area contributed by atoms with Crippen LogP contribution in [0.25, 0.3) is 11.4 Å². The van der Waals surface area contributed by atoms with E-state index in [-0.39, 0.29) is 12.5 Å². The summed E-state index contributed by atoms with van der Waals surface area (Å²) in [5, 5.41) is 4.89. The fraction of sp³-hybridized carbons (Fsp3) is 0.231. The minimum absolute atomic E-state index is 0.0405. The fourth-order valence-electron chi connectivity index (χ4n) is 1.61. The zero-order valence-corrected chi connectivity index (χ0v) is 12.8. The van der Waals surface area contributed by atoms with Crippen molar-refractivity contribution in [3.05, 3.63) is 29.3 Å². The van der Waals surface area contributed by atoms with E-state index in [9.17, 15) is 4.79 Å². The molecule has 1 amide bonds. The third-order valence-corrected chi connectivity index (χ3v) is 3.21. The molecule has 9 heteroatoms. The maximum Gasteiger partial charge on any atom is 0.407 e. The van der Waals surface area contributed by atoms with E-state index in [0.29, 0.717) is 28.8 Å². The number of alkyl carbamates (subject to hydrolysis) is 1. The Bertz CT molecular complexity index is 681. The highest BCUT2D eigenvalue weighted by Gasteiger charge is 2.07. The molecule has 0 unspecified atom stereocenters. The van der Waals surface area contributed by atoms with Crippen LogP contribution in [-0.2, 0) is 11.3 Å². The number of carbonyl (C=O) groups excluding carboxylic acids is 1. The van der Waals surface area contributed by atoms with Crippen LogP contribution in [0.15, 0.2) is 28.6 Å². The Morgan fingerprint density at radius 3 is 2.91 bits per heavy atom. The lowest BCUT2D eigenvalue weighted by atomic mass is 10.2. The van der Waals surface area contributed by atoms with Crippen molar-refractivity contribution in [1.82, 2.24) is 15.3 Å². The number of thiazole rings is 1. The van der Waals surface area contributed by atoms with Gasteiger partial charge in [-0.2, -0.15) is 4.99 Å². The third kappa shape index (κ3) is 4.42. The van der Waals surface area contributed by atoms with Crippen molar-refractivity contribution < 1.29 is 9.53 Å². The predicted molar refractivity (Wildman–Crippen MR) is 84.7 cm³/mol. The zero-order chi connectivity index (χ0) is 15.9. The van der Waals surface area contributed by atoms with E-state index in [0.717, 1.165) is 0 Å². The van der Waals surface area contributed by atoms with Crippen LogP contribution in [-0.4, -0.2) is 28.6 Å². The summed E-state index contributed by atoms with van der Waals surface area (Å²) >= 11 is 1.32. The average Bonchev–Trinajstić information content (AvgIpc) is 2.93. The first-order valence-electron chi connectivity index (χ1n) is 6.50. The number of guanidine groups is 1. The van der Waals surface area contributed by atoms with E-state index in [1.54, 1.807) is 13.0 Å². The van der Waals surface area contributed by atoms with Crippen molar-refractivity contribution in [2.45, 2.75) is 13.5 Å². The average molecular weight is 320 g/mol. The first-order valence-corrected chi connectivity index (χ1v) is 7.38. The number of nitrogens with one attached hydrogen (secondary N) is 1.